The summed E-state index contributed by atoms with van der Waals surface area (Å²) in [5.74, 6) is 1.67. The Morgan fingerprint density at radius 3 is 2.64 bits per heavy atom. The molecule has 0 fully saturated rings. The van der Waals surface area contributed by atoms with Gasteiger partial charge >= 0.3 is 0 Å². The van der Waals surface area contributed by atoms with Crippen LogP contribution in [-0.4, -0.2) is 15.2 Å². The van der Waals surface area contributed by atoms with Crippen molar-refractivity contribution in [2.24, 2.45) is 0 Å². The van der Waals surface area contributed by atoms with E-state index < -0.39 is 5.60 Å². The van der Waals surface area contributed by atoms with Crippen molar-refractivity contribution < 1.29 is 14.4 Å². The Labute approximate surface area is 132 Å². The zero-order chi connectivity index (χ0) is 15.6. The molecule has 0 saturated heterocycles. The summed E-state index contributed by atoms with van der Waals surface area (Å²) in [7, 11) is 0. The number of thiophene rings is 1. The summed E-state index contributed by atoms with van der Waals surface area (Å²) in [5, 5.41) is 17.8. The predicted molar refractivity (Wildman–Crippen MR) is 83.6 cm³/mol. The van der Waals surface area contributed by atoms with Crippen molar-refractivity contribution in [3.8, 4) is 17.1 Å². The van der Waals surface area contributed by atoms with Gasteiger partial charge in [-0.1, -0.05) is 17.3 Å². The molecule has 5 nitrogen and oxygen atoms in total. The first-order valence-corrected chi connectivity index (χ1v) is 7.77. The van der Waals surface area contributed by atoms with E-state index in [1.807, 2.05) is 41.1 Å². The second kappa shape index (κ2) is 5.90. The number of hydrogen-bond acceptors (Lipinski definition) is 6. The van der Waals surface area contributed by atoms with Crippen molar-refractivity contribution in [3.63, 3.8) is 0 Å². The molecular weight excluding hydrogens is 300 g/mol. The molecule has 0 aliphatic heterocycles. The molecule has 114 valence electrons. The van der Waals surface area contributed by atoms with E-state index in [4.69, 9.17) is 9.26 Å². The van der Waals surface area contributed by atoms with Crippen molar-refractivity contribution in [2.75, 3.05) is 0 Å². The Bertz CT molecular complexity index is 728. The lowest BCUT2D eigenvalue weighted by molar-refractivity contribution is 0.0785. The Kier molecular flexibility index (Phi) is 3.96. The van der Waals surface area contributed by atoms with Crippen molar-refractivity contribution in [1.82, 2.24) is 10.1 Å². The van der Waals surface area contributed by atoms with Crippen LogP contribution in [0.15, 0.2) is 45.6 Å². The number of ether oxygens (including phenoxy) is 1. The van der Waals surface area contributed by atoms with Crippen LogP contribution in [0.1, 0.15) is 25.3 Å². The van der Waals surface area contributed by atoms with Gasteiger partial charge in [-0.3, -0.25) is 0 Å². The molecule has 1 aromatic carbocycles. The Hall–Kier alpha value is -2.18. The van der Waals surface area contributed by atoms with Crippen LogP contribution >= 0.6 is 11.3 Å². The second-order valence-electron chi connectivity index (χ2n) is 5.40. The quantitative estimate of drug-likeness (QED) is 0.779. The van der Waals surface area contributed by atoms with Crippen LogP contribution in [0, 0.1) is 0 Å². The Balaban J connectivity index is 1.63. The van der Waals surface area contributed by atoms with Crippen molar-refractivity contribution in [1.29, 1.82) is 0 Å². The van der Waals surface area contributed by atoms with Gasteiger partial charge in [-0.05, 0) is 43.0 Å². The number of aromatic nitrogens is 2. The molecule has 0 radical (unpaired) electrons. The molecule has 0 unspecified atom stereocenters. The van der Waals surface area contributed by atoms with Gasteiger partial charge in [0.1, 0.15) is 5.75 Å². The van der Waals surface area contributed by atoms with Crippen molar-refractivity contribution >= 4 is 11.3 Å². The molecule has 1 N–H and O–H groups in total. The van der Waals surface area contributed by atoms with Gasteiger partial charge in [0.05, 0.1) is 5.60 Å². The first-order chi connectivity index (χ1) is 10.5. The minimum absolute atomic E-state index is 0.207. The van der Waals surface area contributed by atoms with E-state index in [0.717, 1.165) is 11.1 Å². The van der Waals surface area contributed by atoms with Crippen LogP contribution < -0.4 is 4.74 Å². The molecule has 22 heavy (non-hydrogen) atoms. The van der Waals surface area contributed by atoms with E-state index in [1.165, 1.54) is 0 Å². The van der Waals surface area contributed by atoms with Gasteiger partial charge in [-0.15, -0.1) is 0 Å². The summed E-state index contributed by atoms with van der Waals surface area (Å²) in [4.78, 5) is 4.29. The second-order valence-corrected chi connectivity index (χ2v) is 6.18. The molecule has 0 aliphatic carbocycles. The summed E-state index contributed by atoms with van der Waals surface area (Å²) in [6.07, 6.45) is 0. The highest BCUT2D eigenvalue weighted by atomic mass is 32.1. The van der Waals surface area contributed by atoms with Crippen LogP contribution in [0.5, 0.6) is 5.75 Å². The van der Waals surface area contributed by atoms with Gasteiger partial charge < -0.3 is 14.4 Å². The molecule has 0 bridgehead atoms. The van der Waals surface area contributed by atoms with Gasteiger partial charge in [0.15, 0.2) is 6.61 Å². The molecule has 2 heterocycles. The summed E-state index contributed by atoms with van der Waals surface area (Å²) in [6.45, 7) is 3.69. The van der Waals surface area contributed by atoms with Gasteiger partial charge in [0, 0.05) is 10.9 Å². The lowest BCUT2D eigenvalue weighted by atomic mass is 9.99. The molecule has 0 atom stereocenters. The third-order valence-electron chi connectivity index (χ3n) is 3.17. The number of hydrogen-bond donors (Lipinski definition) is 1. The van der Waals surface area contributed by atoms with Crippen LogP contribution in [0.25, 0.3) is 11.4 Å². The lowest BCUT2D eigenvalue weighted by Gasteiger charge is -2.17. The SMILES string of the molecule is CC(C)(O)c1ccc(OCc2nc(-c3ccsc3)no2)cc1. The van der Waals surface area contributed by atoms with Crippen LogP contribution in [0.2, 0.25) is 0 Å². The maximum Gasteiger partial charge on any atom is 0.264 e. The topological polar surface area (TPSA) is 68.4 Å². The fourth-order valence-electron chi connectivity index (χ4n) is 1.93. The van der Waals surface area contributed by atoms with E-state index in [-0.39, 0.29) is 6.61 Å². The van der Waals surface area contributed by atoms with Gasteiger partial charge in [0.25, 0.3) is 5.89 Å². The van der Waals surface area contributed by atoms with E-state index >= 15 is 0 Å². The number of rotatable bonds is 5. The van der Waals surface area contributed by atoms with E-state index in [2.05, 4.69) is 10.1 Å². The monoisotopic (exact) mass is 316 g/mol. The first kappa shape index (κ1) is 14.7. The normalized spacial score (nSPS) is 11.6. The lowest BCUT2D eigenvalue weighted by Crippen LogP contribution is -2.14. The van der Waals surface area contributed by atoms with E-state index in [9.17, 15) is 5.11 Å². The summed E-state index contributed by atoms with van der Waals surface area (Å²) in [6, 6.07) is 9.22. The standard InChI is InChI=1S/C16H16N2O3S/c1-16(2,19)12-3-5-13(6-4-12)20-9-14-17-15(18-21-14)11-7-8-22-10-11/h3-8,10,19H,9H2,1-2H3. The van der Waals surface area contributed by atoms with Crippen LogP contribution in [0.4, 0.5) is 0 Å². The van der Waals surface area contributed by atoms with E-state index in [1.54, 1.807) is 25.2 Å². The molecular formula is C16H16N2O3S. The fraction of sp³-hybridized carbons (Fsp3) is 0.250. The Morgan fingerprint density at radius 2 is 2.00 bits per heavy atom. The van der Waals surface area contributed by atoms with Gasteiger partial charge in [-0.25, -0.2) is 0 Å². The largest absolute Gasteiger partial charge is 0.484 e. The highest BCUT2D eigenvalue weighted by Crippen LogP contribution is 2.23. The van der Waals surface area contributed by atoms with Gasteiger partial charge in [0.2, 0.25) is 5.82 Å². The third-order valence-corrected chi connectivity index (χ3v) is 3.85. The highest BCUT2D eigenvalue weighted by Gasteiger charge is 2.15. The molecule has 0 aliphatic rings. The fourth-order valence-corrected chi connectivity index (χ4v) is 2.56. The molecule has 0 spiro atoms. The summed E-state index contributed by atoms with van der Waals surface area (Å²) < 4.78 is 10.8. The molecule has 0 saturated carbocycles. The maximum absolute atomic E-state index is 9.91. The zero-order valence-electron chi connectivity index (χ0n) is 12.3. The smallest absolute Gasteiger partial charge is 0.264 e. The third kappa shape index (κ3) is 3.35. The predicted octanol–water partition coefficient (Wildman–Crippen LogP) is 3.60. The summed E-state index contributed by atoms with van der Waals surface area (Å²) in [5.41, 5.74) is 0.910. The van der Waals surface area contributed by atoms with Gasteiger partial charge in [-0.2, -0.15) is 16.3 Å². The molecule has 0 amide bonds. The van der Waals surface area contributed by atoms with Crippen LogP contribution in [-0.2, 0) is 12.2 Å². The van der Waals surface area contributed by atoms with Crippen molar-refractivity contribution in [3.05, 3.63) is 52.5 Å². The molecule has 3 aromatic rings. The van der Waals surface area contributed by atoms with Crippen LogP contribution in [0.3, 0.4) is 0 Å². The maximum atomic E-state index is 9.91. The number of aliphatic hydroxyl groups is 1. The van der Waals surface area contributed by atoms with E-state index in [0.29, 0.717) is 17.5 Å². The zero-order valence-corrected chi connectivity index (χ0v) is 13.1. The molecule has 6 heteroatoms. The number of benzene rings is 1. The average molecular weight is 316 g/mol. The Morgan fingerprint density at radius 1 is 1.23 bits per heavy atom. The first-order valence-electron chi connectivity index (χ1n) is 6.83. The number of nitrogens with zero attached hydrogens (tertiary/aromatic N) is 2. The molecule has 3 rings (SSSR count). The van der Waals surface area contributed by atoms with Crippen molar-refractivity contribution in [2.45, 2.75) is 26.1 Å². The molecule has 2 aromatic heterocycles. The average Bonchev–Trinajstić information content (AvgIpc) is 3.15. The minimum atomic E-state index is -0.861. The summed E-state index contributed by atoms with van der Waals surface area (Å²) >= 11 is 1.58. The minimum Gasteiger partial charge on any atom is -0.484 e. The highest BCUT2D eigenvalue weighted by molar-refractivity contribution is 7.08.